The Morgan fingerprint density at radius 2 is 1.75 bits per heavy atom. The molecule has 1 fully saturated rings. The van der Waals surface area contributed by atoms with E-state index in [2.05, 4.69) is 35.1 Å². The molecule has 108 valence electrons. The first-order chi connectivity index (χ1) is 9.65. The van der Waals surface area contributed by atoms with E-state index in [9.17, 15) is 0 Å². The van der Waals surface area contributed by atoms with Crippen molar-refractivity contribution >= 4 is 15.9 Å². The summed E-state index contributed by atoms with van der Waals surface area (Å²) in [5, 5.41) is 3.48. The number of ether oxygens (including phenoxy) is 2. The lowest BCUT2D eigenvalue weighted by Gasteiger charge is -2.19. The Labute approximate surface area is 128 Å². The quantitative estimate of drug-likeness (QED) is 0.853. The molecule has 3 aliphatic heterocycles. The highest BCUT2D eigenvalue weighted by atomic mass is 79.9. The first-order valence-electron chi connectivity index (χ1n) is 7.56. The summed E-state index contributed by atoms with van der Waals surface area (Å²) in [6.07, 6.45) is 3.73. The van der Waals surface area contributed by atoms with Crippen molar-refractivity contribution in [3.8, 4) is 11.5 Å². The Bertz CT molecular complexity index is 527. The molecule has 1 aromatic carbocycles. The molecule has 3 unspecified atom stereocenters. The minimum Gasteiger partial charge on any atom is -0.490 e. The van der Waals surface area contributed by atoms with Crippen LogP contribution in [0.15, 0.2) is 4.47 Å². The monoisotopic (exact) mass is 337 g/mol. The highest BCUT2D eigenvalue weighted by Gasteiger charge is 2.37. The minimum atomic E-state index is 0.273. The van der Waals surface area contributed by atoms with Gasteiger partial charge in [-0.15, -0.1) is 0 Å². The van der Waals surface area contributed by atoms with E-state index in [1.54, 1.807) is 0 Å². The number of hydrogen-bond acceptors (Lipinski definition) is 3. The third-order valence-corrected chi connectivity index (χ3v) is 5.51. The molecule has 0 radical (unpaired) electrons. The van der Waals surface area contributed by atoms with Crippen molar-refractivity contribution in [2.75, 3.05) is 13.1 Å². The molecule has 3 aliphatic rings. The van der Waals surface area contributed by atoms with Crippen LogP contribution in [0.5, 0.6) is 11.5 Å². The van der Waals surface area contributed by atoms with Crippen LogP contribution in [0, 0.1) is 0 Å². The standard InChI is InChI=1S/C16H20BrNO2/c1-8-5-11-13(10-3-4-18-7-10)15-12(6-9(2)19-15)14(17)16(11)20-8/h8-10,18H,3-7H2,1-2H3. The lowest BCUT2D eigenvalue weighted by Crippen LogP contribution is -2.12. The molecule has 0 amide bonds. The molecule has 1 N–H and O–H groups in total. The van der Waals surface area contributed by atoms with Crippen molar-refractivity contribution in [1.82, 2.24) is 5.32 Å². The lowest BCUT2D eigenvalue weighted by molar-refractivity contribution is 0.251. The molecule has 0 saturated carbocycles. The van der Waals surface area contributed by atoms with E-state index in [4.69, 9.17) is 9.47 Å². The number of nitrogens with one attached hydrogen (secondary N) is 1. The fourth-order valence-electron chi connectivity index (χ4n) is 3.83. The van der Waals surface area contributed by atoms with Crippen LogP contribution in [0.3, 0.4) is 0 Å². The number of fused-ring (bicyclic) bond motifs is 2. The zero-order valence-corrected chi connectivity index (χ0v) is 13.5. The van der Waals surface area contributed by atoms with E-state index >= 15 is 0 Å². The molecule has 4 heteroatoms. The second-order valence-corrected chi connectivity index (χ2v) is 7.09. The molecule has 0 bridgehead atoms. The van der Waals surface area contributed by atoms with Crippen molar-refractivity contribution in [2.24, 2.45) is 0 Å². The maximum absolute atomic E-state index is 6.18. The Hall–Kier alpha value is -0.740. The molecule has 3 atom stereocenters. The first-order valence-corrected chi connectivity index (χ1v) is 8.35. The first kappa shape index (κ1) is 13.0. The maximum atomic E-state index is 6.18. The van der Waals surface area contributed by atoms with Gasteiger partial charge in [0.2, 0.25) is 0 Å². The van der Waals surface area contributed by atoms with Crippen LogP contribution in [0.1, 0.15) is 42.9 Å². The topological polar surface area (TPSA) is 30.5 Å². The molecule has 3 heterocycles. The van der Waals surface area contributed by atoms with Crippen LogP contribution in [0.25, 0.3) is 0 Å². The average molecular weight is 338 g/mol. The van der Waals surface area contributed by atoms with Crippen molar-refractivity contribution in [3.05, 3.63) is 21.2 Å². The fourth-order valence-corrected chi connectivity index (χ4v) is 4.50. The summed E-state index contributed by atoms with van der Waals surface area (Å²) >= 11 is 3.76. The second-order valence-electron chi connectivity index (χ2n) is 6.30. The second kappa shape index (κ2) is 4.63. The summed E-state index contributed by atoms with van der Waals surface area (Å²) in [6, 6.07) is 0. The molecular formula is C16H20BrNO2. The van der Waals surface area contributed by atoms with Gasteiger partial charge in [-0.1, -0.05) is 0 Å². The van der Waals surface area contributed by atoms with E-state index in [1.807, 2.05) is 0 Å². The Kier molecular flexibility index (Phi) is 3.00. The molecule has 20 heavy (non-hydrogen) atoms. The summed E-state index contributed by atoms with van der Waals surface area (Å²) in [4.78, 5) is 0. The van der Waals surface area contributed by atoms with Crippen molar-refractivity contribution in [3.63, 3.8) is 0 Å². The smallest absolute Gasteiger partial charge is 0.138 e. The van der Waals surface area contributed by atoms with Crippen molar-refractivity contribution in [1.29, 1.82) is 0 Å². The number of rotatable bonds is 1. The van der Waals surface area contributed by atoms with Gasteiger partial charge < -0.3 is 14.8 Å². The van der Waals surface area contributed by atoms with Crippen molar-refractivity contribution < 1.29 is 9.47 Å². The van der Waals surface area contributed by atoms with Crippen molar-refractivity contribution in [2.45, 2.75) is 51.2 Å². The van der Waals surface area contributed by atoms with Crippen LogP contribution in [0.4, 0.5) is 0 Å². The molecule has 4 rings (SSSR count). The average Bonchev–Trinajstić information content (AvgIpc) is 3.09. The summed E-state index contributed by atoms with van der Waals surface area (Å²) in [5.74, 6) is 2.80. The van der Waals surface area contributed by atoms with Gasteiger partial charge in [0.05, 0.1) is 4.47 Å². The summed E-state index contributed by atoms with van der Waals surface area (Å²) in [7, 11) is 0. The van der Waals surface area contributed by atoms with E-state index in [-0.39, 0.29) is 12.2 Å². The minimum absolute atomic E-state index is 0.273. The zero-order valence-electron chi connectivity index (χ0n) is 12.0. The van der Waals surface area contributed by atoms with Gasteiger partial charge in [0.25, 0.3) is 0 Å². The molecule has 3 nitrogen and oxygen atoms in total. The highest BCUT2D eigenvalue weighted by molar-refractivity contribution is 9.10. The third-order valence-electron chi connectivity index (χ3n) is 4.67. The predicted octanol–water partition coefficient (Wildman–Crippen LogP) is 3.17. The Balaban J connectivity index is 1.92. The fraction of sp³-hybridized carbons (Fsp3) is 0.625. The Morgan fingerprint density at radius 3 is 2.45 bits per heavy atom. The van der Waals surface area contributed by atoms with Gasteiger partial charge in [-0.25, -0.2) is 0 Å². The third kappa shape index (κ3) is 1.81. The SMILES string of the molecule is CC1Cc2c(c(Br)c3c(c2C2CCNC2)OC(C)C3)O1. The summed E-state index contributed by atoms with van der Waals surface area (Å²) in [5.41, 5.74) is 4.12. The van der Waals surface area contributed by atoms with E-state index in [0.717, 1.165) is 41.9 Å². The van der Waals surface area contributed by atoms with E-state index < -0.39 is 0 Å². The van der Waals surface area contributed by atoms with Gasteiger partial charge in [0, 0.05) is 42.0 Å². The van der Waals surface area contributed by atoms with Crippen LogP contribution in [0.2, 0.25) is 0 Å². The predicted molar refractivity (Wildman–Crippen MR) is 82.0 cm³/mol. The molecular weight excluding hydrogens is 318 g/mol. The van der Waals surface area contributed by atoms with Crippen LogP contribution >= 0.6 is 15.9 Å². The number of benzene rings is 1. The van der Waals surface area contributed by atoms with Crippen LogP contribution in [-0.2, 0) is 12.8 Å². The van der Waals surface area contributed by atoms with Gasteiger partial charge in [-0.05, 0) is 42.7 Å². The van der Waals surface area contributed by atoms with Gasteiger partial charge in [0.1, 0.15) is 23.7 Å². The van der Waals surface area contributed by atoms with Gasteiger partial charge in [-0.2, -0.15) is 0 Å². The normalized spacial score (nSPS) is 30.9. The molecule has 1 saturated heterocycles. The van der Waals surface area contributed by atoms with E-state index in [0.29, 0.717) is 5.92 Å². The number of hydrogen-bond donors (Lipinski definition) is 1. The Morgan fingerprint density at radius 1 is 1.05 bits per heavy atom. The number of halogens is 1. The maximum Gasteiger partial charge on any atom is 0.138 e. The van der Waals surface area contributed by atoms with Gasteiger partial charge >= 0.3 is 0 Å². The summed E-state index contributed by atoms with van der Waals surface area (Å²) < 4.78 is 13.4. The van der Waals surface area contributed by atoms with E-state index in [1.165, 1.54) is 23.1 Å². The molecule has 0 aliphatic carbocycles. The van der Waals surface area contributed by atoms with Gasteiger partial charge in [-0.3, -0.25) is 0 Å². The summed E-state index contributed by atoms with van der Waals surface area (Å²) in [6.45, 7) is 6.47. The van der Waals surface area contributed by atoms with Gasteiger partial charge in [0.15, 0.2) is 0 Å². The largest absolute Gasteiger partial charge is 0.490 e. The van der Waals surface area contributed by atoms with Crippen LogP contribution < -0.4 is 14.8 Å². The van der Waals surface area contributed by atoms with Crippen LogP contribution in [-0.4, -0.2) is 25.3 Å². The highest BCUT2D eigenvalue weighted by Crippen LogP contribution is 2.52. The molecule has 0 spiro atoms. The molecule has 0 aromatic heterocycles. The molecule has 1 aromatic rings. The lowest BCUT2D eigenvalue weighted by atomic mass is 9.88. The zero-order chi connectivity index (χ0) is 13.9.